The average molecular weight is 429 g/mol. The van der Waals surface area contributed by atoms with Gasteiger partial charge >= 0.3 is 5.97 Å². The SMILES string of the molecule is C[C@H]1[C@H](SCCC(=O)OC(C)(C)C)O[C@@H]2O[C@@]3(C)CC[C@H]4[C@H](C)CC[C@@H]1[C@@]24OO3. The second kappa shape index (κ2) is 7.66. The number of carbonyl (C=O) groups excluding carboxylic acids is 1. The van der Waals surface area contributed by atoms with E-state index in [9.17, 15) is 4.79 Å². The van der Waals surface area contributed by atoms with Crippen molar-refractivity contribution in [2.24, 2.45) is 23.7 Å². The molecule has 0 aromatic heterocycles. The smallest absolute Gasteiger partial charge is 0.307 e. The molecule has 0 unspecified atom stereocenters. The largest absolute Gasteiger partial charge is 0.460 e. The van der Waals surface area contributed by atoms with Gasteiger partial charge < -0.3 is 14.2 Å². The predicted molar refractivity (Wildman–Crippen MR) is 110 cm³/mol. The summed E-state index contributed by atoms with van der Waals surface area (Å²) in [7, 11) is 0. The lowest BCUT2D eigenvalue weighted by Gasteiger charge is -2.60. The van der Waals surface area contributed by atoms with Gasteiger partial charge in [0.05, 0.1) is 6.42 Å². The Labute approximate surface area is 178 Å². The lowest BCUT2D eigenvalue weighted by atomic mass is 9.58. The monoisotopic (exact) mass is 428 g/mol. The Balaban J connectivity index is 1.47. The molecule has 5 aliphatic rings. The number of hydrogen-bond acceptors (Lipinski definition) is 7. The van der Waals surface area contributed by atoms with Crippen LogP contribution >= 0.6 is 11.8 Å². The Bertz CT molecular complexity index is 635. The molecule has 6 nitrogen and oxygen atoms in total. The fourth-order valence-electron chi connectivity index (χ4n) is 5.71. The highest BCUT2D eigenvalue weighted by Gasteiger charge is 2.69. The van der Waals surface area contributed by atoms with Gasteiger partial charge in [-0.25, -0.2) is 9.78 Å². The highest BCUT2D eigenvalue weighted by Crippen LogP contribution is 2.61. The van der Waals surface area contributed by atoms with Crippen LogP contribution in [-0.2, 0) is 28.8 Å². The van der Waals surface area contributed by atoms with E-state index in [1.54, 1.807) is 11.8 Å². The van der Waals surface area contributed by atoms with Crippen LogP contribution in [0.1, 0.15) is 73.6 Å². The topological polar surface area (TPSA) is 63.2 Å². The maximum Gasteiger partial charge on any atom is 0.307 e. The van der Waals surface area contributed by atoms with Crippen LogP contribution in [-0.4, -0.2) is 40.4 Å². The molecule has 7 heteroatoms. The van der Waals surface area contributed by atoms with E-state index in [4.69, 9.17) is 24.0 Å². The molecule has 4 aliphatic heterocycles. The first-order valence-corrected chi connectivity index (χ1v) is 12.1. The lowest BCUT2D eigenvalue weighted by molar-refractivity contribution is -0.568. The number of fused-ring (bicyclic) bond motifs is 2. The van der Waals surface area contributed by atoms with Crippen molar-refractivity contribution in [3.05, 3.63) is 0 Å². The first-order chi connectivity index (χ1) is 13.5. The van der Waals surface area contributed by atoms with Crippen LogP contribution in [0.5, 0.6) is 0 Å². The molecular formula is C22H36O6S. The highest BCUT2D eigenvalue weighted by molar-refractivity contribution is 7.99. The maximum atomic E-state index is 12.1. The van der Waals surface area contributed by atoms with Crippen LogP contribution in [0.25, 0.3) is 0 Å². The van der Waals surface area contributed by atoms with E-state index in [2.05, 4.69) is 13.8 Å². The minimum atomic E-state index is -0.746. The zero-order valence-electron chi connectivity index (χ0n) is 18.6. The van der Waals surface area contributed by atoms with Gasteiger partial charge in [-0.3, -0.25) is 4.79 Å². The fraction of sp³-hybridized carbons (Fsp3) is 0.955. The van der Waals surface area contributed by atoms with Crippen molar-refractivity contribution >= 4 is 17.7 Å². The van der Waals surface area contributed by atoms with Crippen LogP contribution < -0.4 is 0 Å². The summed E-state index contributed by atoms with van der Waals surface area (Å²) in [5.74, 6) is 1.32. The standard InChI is InChI=1S/C22H36O6S/c1-13-7-8-16-14(2)18(29-12-10-17(23)25-20(3,4)5)24-19-22(16)15(13)9-11-21(6,26-19)27-28-22/h13-16,18-19H,7-12H2,1-6H3/t13-,14-,15+,16+,18+,19-,21-,22-/m1/s1. The Hall–Kier alpha value is -0.340. The summed E-state index contributed by atoms with van der Waals surface area (Å²) in [4.78, 5) is 24.1. The highest BCUT2D eigenvalue weighted by atomic mass is 32.2. The van der Waals surface area contributed by atoms with Crippen LogP contribution in [0.15, 0.2) is 0 Å². The molecule has 4 saturated heterocycles. The third-order valence-electron chi connectivity index (χ3n) is 7.11. The molecular weight excluding hydrogens is 392 g/mol. The number of esters is 1. The van der Waals surface area contributed by atoms with Crippen molar-refractivity contribution in [1.29, 1.82) is 0 Å². The lowest BCUT2D eigenvalue weighted by Crippen LogP contribution is -2.70. The normalized spacial score (nSPS) is 46.7. The van der Waals surface area contributed by atoms with E-state index in [-0.39, 0.29) is 11.4 Å². The van der Waals surface area contributed by atoms with E-state index < -0.39 is 23.3 Å². The molecule has 0 aromatic carbocycles. The number of ether oxygens (including phenoxy) is 3. The summed E-state index contributed by atoms with van der Waals surface area (Å²) >= 11 is 1.69. The molecule has 1 saturated carbocycles. The third kappa shape index (κ3) is 3.98. The molecule has 29 heavy (non-hydrogen) atoms. The van der Waals surface area contributed by atoms with Crippen molar-refractivity contribution in [2.45, 2.75) is 102 Å². The number of hydrogen-bond donors (Lipinski definition) is 0. The van der Waals surface area contributed by atoms with Crippen LogP contribution in [0, 0.1) is 23.7 Å². The molecule has 2 bridgehead atoms. The van der Waals surface area contributed by atoms with Crippen molar-refractivity contribution in [3.8, 4) is 0 Å². The summed E-state index contributed by atoms with van der Waals surface area (Å²) in [6, 6.07) is 0. The molecule has 8 atom stereocenters. The van der Waals surface area contributed by atoms with Crippen LogP contribution in [0.2, 0.25) is 0 Å². The molecule has 0 N–H and O–H groups in total. The second-order valence-corrected chi connectivity index (χ2v) is 11.7. The van der Waals surface area contributed by atoms with Gasteiger partial charge in [0.15, 0.2) is 11.9 Å². The van der Waals surface area contributed by atoms with Gasteiger partial charge in [0.25, 0.3) is 0 Å². The number of rotatable bonds is 4. The quantitative estimate of drug-likeness (QED) is 0.477. The molecule has 1 aliphatic carbocycles. The van der Waals surface area contributed by atoms with E-state index in [1.165, 1.54) is 6.42 Å². The average Bonchev–Trinajstić information content (AvgIpc) is 2.84. The summed E-state index contributed by atoms with van der Waals surface area (Å²) in [6.45, 7) is 12.2. The zero-order valence-corrected chi connectivity index (χ0v) is 19.4. The van der Waals surface area contributed by atoms with Crippen molar-refractivity contribution < 1.29 is 28.8 Å². The Morgan fingerprint density at radius 3 is 2.62 bits per heavy atom. The molecule has 0 aromatic rings. The molecule has 166 valence electrons. The van der Waals surface area contributed by atoms with Gasteiger partial charge in [-0.2, -0.15) is 0 Å². The number of thioether (sulfide) groups is 1. The second-order valence-electron chi connectivity index (χ2n) is 10.5. The van der Waals surface area contributed by atoms with E-state index in [0.29, 0.717) is 35.8 Å². The van der Waals surface area contributed by atoms with Crippen molar-refractivity contribution in [1.82, 2.24) is 0 Å². The fourth-order valence-corrected chi connectivity index (χ4v) is 6.90. The third-order valence-corrected chi connectivity index (χ3v) is 8.41. The predicted octanol–water partition coefficient (Wildman–Crippen LogP) is 4.66. The summed E-state index contributed by atoms with van der Waals surface area (Å²) < 4.78 is 18.3. The van der Waals surface area contributed by atoms with E-state index in [0.717, 1.165) is 19.3 Å². The van der Waals surface area contributed by atoms with Crippen LogP contribution in [0.3, 0.4) is 0 Å². The molecule has 5 rings (SSSR count). The molecule has 1 spiro atoms. The maximum absolute atomic E-state index is 12.1. The summed E-state index contributed by atoms with van der Waals surface area (Å²) in [5, 5.41) is 0. The number of carbonyl (C=O) groups is 1. The molecule has 4 heterocycles. The van der Waals surface area contributed by atoms with Crippen molar-refractivity contribution in [3.63, 3.8) is 0 Å². The van der Waals surface area contributed by atoms with Gasteiger partial charge in [0.1, 0.15) is 11.0 Å². The van der Waals surface area contributed by atoms with E-state index in [1.807, 2.05) is 27.7 Å². The minimum absolute atomic E-state index is 0.0290. The molecule has 5 fully saturated rings. The van der Waals surface area contributed by atoms with Gasteiger partial charge in [0, 0.05) is 18.1 Å². The molecule has 0 amide bonds. The zero-order chi connectivity index (χ0) is 21.0. The molecule has 0 radical (unpaired) electrons. The summed E-state index contributed by atoms with van der Waals surface area (Å²) in [6.07, 6.45) is 4.11. The van der Waals surface area contributed by atoms with Crippen molar-refractivity contribution in [2.75, 3.05) is 5.75 Å². The summed E-state index contributed by atoms with van der Waals surface area (Å²) in [5.41, 5.74) is -0.995. The minimum Gasteiger partial charge on any atom is -0.460 e. The first-order valence-electron chi connectivity index (χ1n) is 11.1. The Kier molecular flexibility index (Phi) is 5.78. The van der Waals surface area contributed by atoms with Gasteiger partial charge in [0.2, 0.25) is 5.79 Å². The Morgan fingerprint density at radius 2 is 1.90 bits per heavy atom. The van der Waals surface area contributed by atoms with Crippen LogP contribution in [0.4, 0.5) is 0 Å². The van der Waals surface area contributed by atoms with E-state index >= 15 is 0 Å². The first kappa shape index (κ1) is 21.9. The van der Waals surface area contributed by atoms with Gasteiger partial charge in [-0.05, 0) is 64.7 Å². The van der Waals surface area contributed by atoms with Gasteiger partial charge in [-0.1, -0.05) is 13.8 Å². The Morgan fingerprint density at radius 1 is 1.14 bits per heavy atom. The van der Waals surface area contributed by atoms with Gasteiger partial charge in [-0.15, -0.1) is 11.8 Å².